The number of hydrogen-bond acceptors (Lipinski definition) is 5. The van der Waals surface area contributed by atoms with Gasteiger partial charge in [0.05, 0.1) is 6.61 Å². The van der Waals surface area contributed by atoms with Crippen molar-refractivity contribution >= 4 is 0 Å². The molecule has 1 aliphatic heterocycles. The van der Waals surface area contributed by atoms with Crippen LogP contribution in [0.3, 0.4) is 0 Å². The monoisotopic (exact) mass is 322 g/mol. The van der Waals surface area contributed by atoms with E-state index in [0.717, 1.165) is 51.0 Å². The molecule has 1 aliphatic rings. The Morgan fingerprint density at radius 1 is 1.30 bits per heavy atom. The lowest BCUT2D eigenvalue weighted by molar-refractivity contribution is 0.117. The molecule has 1 aromatic rings. The number of rotatable bonds is 8. The van der Waals surface area contributed by atoms with Gasteiger partial charge in [0.25, 0.3) is 0 Å². The average Bonchev–Trinajstić information content (AvgIpc) is 2.57. The van der Waals surface area contributed by atoms with Crippen LogP contribution in [0, 0.1) is 0 Å². The molecule has 1 heterocycles. The quantitative estimate of drug-likeness (QED) is 0.767. The maximum atomic E-state index is 10.3. The van der Waals surface area contributed by atoms with Crippen LogP contribution in [0.25, 0.3) is 0 Å². The first-order chi connectivity index (χ1) is 11.2. The van der Waals surface area contributed by atoms with Gasteiger partial charge in [0.1, 0.15) is 0 Å². The van der Waals surface area contributed by atoms with E-state index in [1.54, 1.807) is 0 Å². The van der Waals surface area contributed by atoms with Gasteiger partial charge in [-0.05, 0) is 52.4 Å². The molecule has 1 fully saturated rings. The number of piperidine rings is 1. The fraction of sp³-hybridized carbons (Fsp3) is 0.667. The predicted molar refractivity (Wildman–Crippen MR) is 91.9 cm³/mol. The Morgan fingerprint density at radius 3 is 2.70 bits per heavy atom. The molecule has 0 saturated carbocycles. The van der Waals surface area contributed by atoms with E-state index < -0.39 is 0 Å². The molecular weight excluding hydrogens is 292 g/mol. The first kappa shape index (κ1) is 18.0. The molecule has 0 spiro atoms. The van der Waals surface area contributed by atoms with Gasteiger partial charge >= 0.3 is 0 Å². The third-order valence-electron chi connectivity index (χ3n) is 4.63. The SMILES string of the molecule is CCOc1cccc(CN2CCC(N(C)CCCO)CC2)c1O. The van der Waals surface area contributed by atoms with Gasteiger partial charge in [0.15, 0.2) is 11.5 Å². The van der Waals surface area contributed by atoms with E-state index in [1.807, 2.05) is 25.1 Å². The number of phenols is 1. The highest BCUT2D eigenvalue weighted by molar-refractivity contribution is 5.45. The molecule has 5 heteroatoms. The number of aromatic hydroxyl groups is 1. The lowest BCUT2D eigenvalue weighted by Gasteiger charge is -2.36. The van der Waals surface area contributed by atoms with Crippen LogP contribution in [-0.4, -0.2) is 66.0 Å². The highest BCUT2D eigenvalue weighted by Crippen LogP contribution is 2.31. The Balaban J connectivity index is 1.86. The smallest absolute Gasteiger partial charge is 0.162 e. The zero-order chi connectivity index (χ0) is 16.7. The van der Waals surface area contributed by atoms with Crippen molar-refractivity contribution in [3.63, 3.8) is 0 Å². The van der Waals surface area contributed by atoms with Crippen molar-refractivity contribution < 1.29 is 14.9 Å². The Kier molecular flexibility index (Phi) is 7.15. The first-order valence-electron chi connectivity index (χ1n) is 8.62. The largest absolute Gasteiger partial charge is 0.504 e. The van der Waals surface area contributed by atoms with E-state index in [-0.39, 0.29) is 12.4 Å². The molecule has 0 radical (unpaired) electrons. The molecule has 1 aromatic carbocycles. The molecule has 23 heavy (non-hydrogen) atoms. The second-order valence-electron chi connectivity index (χ2n) is 6.26. The number of para-hydroxylation sites is 1. The summed E-state index contributed by atoms with van der Waals surface area (Å²) in [6.07, 6.45) is 3.11. The lowest BCUT2D eigenvalue weighted by Crippen LogP contribution is -2.43. The van der Waals surface area contributed by atoms with Crippen molar-refractivity contribution in [2.75, 3.05) is 39.9 Å². The number of aliphatic hydroxyl groups is 1. The van der Waals surface area contributed by atoms with E-state index >= 15 is 0 Å². The molecule has 2 rings (SSSR count). The fourth-order valence-electron chi connectivity index (χ4n) is 3.23. The second-order valence-corrected chi connectivity index (χ2v) is 6.26. The minimum absolute atomic E-state index is 0.263. The third-order valence-corrected chi connectivity index (χ3v) is 4.63. The van der Waals surface area contributed by atoms with Crippen LogP contribution in [0.4, 0.5) is 0 Å². The molecule has 0 aromatic heterocycles. The van der Waals surface area contributed by atoms with Crippen LogP contribution >= 0.6 is 0 Å². The van der Waals surface area contributed by atoms with Crippen molar-refractivity contribution in [3.8, 4) is 11.5 Å². The Morgan fingerprint density at radius 2 is 2.04 bits per heavy atom. The van der Waals surface area contributed by atoms with Crippen LogP contribution < -0.4 is 4.74 Å². The van der Waals surface area contributed by atoms with E-state index in [9.17, 15) is 5.11 Å². The zero-order valence-corrected chi connectivity index (χ0v) is 14.4. The van der Waals surface area contributed by atoms with Gasteiger partial charge < -0.3 is 19.8 Å². The molecule has 5 nitrogen and oxygen atoms in total. The molecule has 2 N–H and O–H groups in total. The molecule has 0 bridgehead atoms. The highest BCUT2D eigenvalue weighted by atomic mass is 16.5. The van der Waals surface area contributed by atoms with E-state index in [4.69, 9.17) is 9.84 Å². The lowest BCUT2D eigenvalue weighted by atomic mass is 10.0. The molecule has 0 aliphatic carbocycles. The number of hydrogen-bond donors (Lipinski definition) is 2. The minimum atomic E-state index is 0.263. The van der Waals surface area contributed by atoms with Crippen molar-refractivity contribution in [3.05, 3.63) is 23.8 Å². The second kappa shape index (κ2) is 9.11. The topological polar surface area (TPSA) is 56.2 Å². The molecule has 0 unspecified atom stereocenters. The summed E-state index contributed by atoms with van der Waals surface area (Å²) in [5.74, 6) is 0.847. The van der Waals surface area contributed by atoms with E-state index in [0.29, 0.717) is 18.4 Å². The normalized spacial score (nSPS) is 16.9. The molecular formula is C18H30N2O3. The van der Waals surface area contributed by atoms with Gasteiger partial charge in [-0.2, -0.15) is 0 Å². The van der Waals surface area contributed by atoms with E-state index in [2.05, 4.69) is 16.8 Å². The van der Waals surface area contributed by atoms with Crippen LogP contribution in [0.2, 0.25) is 0 Å². The van der Waals surface area contributed by atoms with Crippen LogP contribution in [0.1, 0.15) is 31.7 Å². The number of nitrogens with zero attached hydrogens (tertiary/aromatic N) is 2. The first-order valence-corrected chi connectivity index (χ1v) is 8.62. The van der Waals surface area contributed by atoms with Gasteiger partial charge in [0, 0.05) is 31.3 Å². The average molecular weight is 322 g/mol. The number of benzene rings is 1. The van der Waals surface area contributed by atoms with Gasteiger partial charge in [0.2, 0.25) is 0 Å². The summed E-state index contributed by atoms with van der Waals surface area (Å²) in [7, 11) is 2.15. The van der Waals surface area contributed by atoms with Gasteiger partial charge in [-0.3, -0.25) is 4.90 Å². The number of aliphatic hydroxyl groups excluding tert-OH is 1. The maximum Gasteiger partial charge on any atom is 0.162 e. The number of phenolic OH excluding ortho intramolecular Hbond substituents is 1. The third kappa shape index (κ3) is 5.09. The standard InChI is InChI=1S/C18H30N2O3/c1-3-23-17-7-4-6-15(18(17)22)14-20-11-8-16(9-12-20)19(2)10-5-13-21/h4,6-7,16,21-22H,3,5,8-14H2,1-2H3. The van der Waals surface area contributed by atoms with Gasteiger partial charge in [-0.1, -0.05) is 12.1 Å². The summed E-state index contributed by atoms with van der Waals surface area (Å²) < 4.78 is 5.46. The molecule has 1 saturated heterocycles. The summed E-state index contributed by atoms with van der Waals surface area (Å²) >= 11 is 0. The number of likely N-dealkylation sites (tertiary alicyclic amines) is 1. The van der Waals surface area contributed by atoms with E-state index in [1.165, 1.54) is 0 Å². The molecule has 0 atom stereocenters. The summed E-state index contributed by atoms with van der Waals surface area (Å²) in [4.78, 5) is 4.75. The van der Waals surface area contributed by atoms with Gasteiger partial charge in [-0.15, -0.1) is 0 Å². The van der Waals surface area contributed by atoms with Crippen molar-refractivity contribution in [1.29, 1.82) is 0 Å². The van der Waals surface area contributed by atoms with Crippen LogP contribution in [0.15, 0.2) is 18.2 Å². The Hall–Kier alpha value is -1.30. The van der Waals surface area contributed by atoms with Crippen LogP contribution in [0.5, 0.6) is 11.5 Å². The summed E-state index contributed by atoms with van der Waals surface area (Å²) in [6, 6.07) is 6.32. The predicted octanol–water partition coefficient (Wildman–Crippen LogP) is 2.07. The summed E-state index contributed by atoms with van der Waals surface area (Å²) in [5.41, 5.74) is 0.933. The zero-order valence-electron chi connectivity index (χ0n) is 14.4. The Bertz CT molecular complexity index is 473. The van der Waals surface area contributed by atoms with Gasteiger partial charge in [-0.25, -0.2) is 0 Å². The number of ether oxygens (including phenoxy) is 1. The molecule has 130 valence electrons. The summed E-state index contributed by atoms with van der Waals surface area (Å²) in [6.45, 7) is 6.53. The maximum absolute atomic E-state index is 10.3. The van der Waals surface area contributed by atoms with Crippen molar-refractivity contribution in [2.24, 2.45) is 0 Å². The van der Waals surface area contributed by atoms with Crippen LogP contribution in [-0.2, 0) is 6.54 Å². The van der Waals surface area contributed by atoms with Crippen molar-refractivity contribution in [1.82, 2.24) is 9.80 Å². The summed E-state index contributed by atoms with van der Waals surface area (Å²) in [5, 5.41) is 19.2. The molecule has 0 amide bonds. The minimum Gasteiger partial charge on any atom is -0.504 e. The Labute approximate surface area is 139 Å². The fourth-order valence-corrected chi connectivity index (χ4v) is 3.23. The van der Waals surface area contributed by atoms with Crippen molar-refractivity contribution in [2.45, 2.75) is 38.8 Å². The highest BCUT2D eigenvalue weighted by Gasteiger charge is 2.23.